The molecule has 1 aliphatic rings. The summed E-state index contributed by atoms with van der Waals surface area (Å²) in [4.78, 5) is 12.1. The van der Waals surface area contributed by atoms with E-state index in [1.807, 2.05) is 6.07 Å². The highest BCUT2D eigenvalue weighted by Crippen LogP contribution is 2.24. The number of carbonyl (C=O) groups is 1. The van der Waals surface area contributed by atoms with Gasteiger partial charge in [0.2, 0.25) is 0 Å². The van der Waals surface area contributed by atoms with E-state index in [9.17, 15) is 4.79 Å². The lowest BCUT2D eigenvalue weighted by Crippen LogP contribution is -2.28. The molecule has 2 N–H and O–H groups in total. The first-order valence-corrected chi connectivity index (χ1v) is 6.84. The van der Waals surface area contributed by atoms with Gasteiger partial charge in [0.15, 0.2) is 0 Å². The zero-order chi connectivity index (χ0) is 13.0. The maximum absolute atomic E-state index is 12.1. The van der Waals surface area contributed by atoms with Gasteiger partial charge in [-0.1, -0.05) is 24.4 Å². The van der Waals surface area contributed by atoms with Gasteiger partial charge in [0.25, 0.3) is 5.91 Å². The van der Waals surface area contributed by atoms with Crippen LogP contribution in [-0.2, 0) is 0 Å². The second-order valence-electron chi connectivity index (χ2n) is 4.80. The molecule has 0 bridgehead atoms. The van der Waals surface area contributed by atoms with Gasteiger partial charge in [-0.2, -0.15) is 0 Å². The normalized spacial score (nSPS) is 15.7. The molecule has 0 spiro atoms. The van der Waals surface area contributed by atoms with Crippen molar-refractivity contribution >= 4 is 23.2 Å². The van der Waals surface area contributed by atoms with Gasteiger partial charge in [-0.25, -0.2) is 0 Å². The molecule has 0 saturated heterocycles. The summed E-state index contributed by atoms with van der Waals surface area (Å²) in [5.74, 6) is 0.597. The van der Waals surface area contributed by atoms with Crippen LogP contribution in [0.3, 0.4) is 0 Å². The molecule has 4 heteroatoms. The minimum atomic E-state index is -0.0475. The molecule has 0 unspecified atom stereocenters. The van der Waals surface area contributed by atoms with E-state index in [2.05, 4.69) is 10.6 Å². The molecule has 0 heterocycles. The summed E-state index contributed by atoms with van der Waals surface area (Å²) in [5.41, 5.74) is 1.42. The van der Waals surface area contributed by atoms with Crippen molar-refractivity contribution < 1.29 is 4.79 Å². The first kappa shape index (κ1) is 13.2. The van der Waals surface area contributed by atoms with Gasteiger partial charge in [-0.05, 0) is 37.0 Å². The first-order valence-electron chi connectivity index (χ1n) is 6.46. The fourth-order valence-electron chi connectivity index (χ4n) is 2.47. The SMILES string of the molecule is CNc1ccc(Cl)cc1C(=O)NCC1CCCC1. The predicted molar refractivity (Wildman–Crippen MR) is 75.3 cm³/mol. The van der Waals surface area contributed by atoms with Crippen LogP contribution in [0.2, 0.25) is 5.02 Å². The Kier molecular flexibility index (Phi) is 4.48. The van der Waals surface area contributed by atoms with E-state index in [0.717, 1.165) is 12.2 Å². The number of halogens is 1. The Morgan fingerprint density at radius 2 is 2.11 bits per heavy atom. The third-order valence-corrected chi connectivity index (χ3v) is 3.76. The molecule has 1 aromatic rings. The number of anilines is 1. The van der Waals surface area contributed by atoms with Crippen molar-refractivity contribution in [2.75, 3.05) is 18.9 Å². The van der Waals surface area contributed by atoms with Crippen molar-refractivity contribution in [2.24, 2.45) is 5.92 Å². The fourth-order valence-corrected chi connectivity index (χ4v) is 2.64. The molecule has 0 aliphatic heterocycles. The number of nitrogens with one attached hydrogen (secondary N) is 2. The molecular formula is C14H19ClN2O. The lowest BCUT2D eigenvalue weighted by atomic mass is 10.1. The lowest BCUT2D eigenvalue weighted by Gasteiger charge is -2.13. The highest BCUT2D eigenvalue weighted by Gasteiger charge is 2.17. The summed E-state index contributed by atoms with van der Waals surface area (Å²) in [6, 6.07) is 5.31. The average Bonchev–Trinajstić information content (AvgIpc) is 2.89. The van der Waals surface area contributed by atoms with E-state index in [4.69, 9.17) is 11.6 Å². The number of hydrogen-bond acceptors (Lipinski definition) is 2. The summed E-state index contributed by atoms with van der Waals surface area (Å²) in [7, 11) is 1.80. The second kappa shape index (κ2) is 6.10. The van der Waals surface area contributed by atoms with Gasteiger partial charge in [0.1, 0.15) is 0 Å². The van der Waals surface area contributed by atoms with Crippen LogP contribution in [0.1, 0.15) is 36.0 Å². The number of benzene rings is 1. The molecule has 0 aromatic heterocycles. The Morgan fingerprint density at radius 1 is 1.39 bits per heavy atom. The average molecular weight is 267 g/mol. The topological polar surface area (TPSA) is 41.1 Å². The monoisotopic (exact) mass is 266 g/mol. The van der Waals surface area contributed by atoms with E-state index in [1.54, 1.807) is 19.2 Å². The maximum Gasteiger partial charge on any atom is 0.253 e. The Balaban J connectivity index is 2.00. The molecule has 2 rings (SSSR count). The molecule has 18 heavy (non-hydrogen) atoms. The molecule has 1 aliphatic carbocycles. The summed E-state index contributed by atoms with van der Waals surface area (Å²) in [5, 5.41) is 6.60. The number of rotatable bonds is 4. The Bertz CT molecular complexity index is 428. The van der Waals surface area contributed by atoms with Crippen molar-refractivity contribution in [3.63, 3.8) is 0 Å². The summed E-state index contributed by atoms with van der Waals surface area (Å²) >= 11 is 5.94. The van der Waals surface area contributed by atoms with Crippen LogP contribution in [0.4, 0.5) is 5.69 Å². The molecule has 1 saturated carbocycles. The van der Waals surface area contributed by atoms with Crippen LogP contribution < -0.4 is 10.6 Å². The number of hydrogen-bond donors (Lipinski definition) is 2. The van der Waals surface area contributed by atoms with Crippen molar-refractivity contribution in [3.8, 4) is 0 Å². The zero-order valence-corrected chi connectivity index (χ0v) is 11.4. The standard InChI is InChI=1S/C14H19ClN2O/c1-16-13-7-6-11(15)8-12(13)14(18)17-9-10-4-2-3-5-10/h6-8,10,16H,2-5,9H2,1H3,(H,17,18). The van der Waals surface area contributed by atoms with Gasteiger partial charge < -0.3 is 10.6 Å². The quantitative estimate of drug-likeness (QED) is 0.878. The minimum Gasteiger partial charge on any atom is -0.387 e. The zero-order valence-electron chi connectivity index (χ0n) is 10.6. The molecule has 1 amide bonds. The largest absolute Gasteiger partial charge is 0.387 e. The smallest absolute Gasteiger partial charge is 0.253 e. The first-order chi connectivity index (χ1) is 8.70. The summed E-state index contributed by atoms with van der Waals surface area (Å²) in [6.07, 6.45) is 5.04. The van der Waals surface area contributed by atoms with Crippen LogP contribution in [0.25, 0.3) is 0 Å². The lowest BCUT2D eigenvalue weighted by molar-refractivity contribution is 0.0948. The van der Waals surface area contributed by atoms with E-state index in [1.165, 1.54) is 25.7 Å². The molecule has 0 radical (unpaired) electrons. The van der Waals surface area contributed by atoms with Gasteiger partial charge >= 0.3 is 0 Å². The highest BCUT2D eigenvalue weighted by molar-refractivity contribution is 6.31. The molecule has 3 nitrogen and oxygen atoms in total. The Morgan fingerprint density at radius 3 is 2.78 bits per heavy atom. The van der Waals surface area contributed by atoms with E-state index in [0.29, 0.717) is 16.5 Å². The van der Waals surface area contributed by atoms with Crippen molar-refractivity contribution in [1.82, 2.24) is 5.32 Å². The van der Waals surface area contributed by atoms with Gasteiger partial charge in [0.05, 0.1) is 5.56 Å². The summed E-state index contributed by atoms with van der Waals surface area (Å²) in [6.45, 7) is 0.772. The van der Waals surface area contributed by atoms with Gasteiger partial charge in [-0.3, -0.25) is 4.79 Å². The van der Waals surface area contributed by atoms with E-state index < -0.39 is 0 Å². The van der Waals surface area contributed by atoms with Crippen LogP contribution in [-0.4, -0.2) is 19.5 Å². The molecule has 1 fully saturated rings. The Hall–Kier alpha value is -1.22. The Labute approximate surface area is 113 Å². The van der Waals surface area contributed by atoms with Crippen molar-refractivity contribution in [2.45, 2.75) is 25.7 Å². The fraction of sp³-hybridized carbons (Fsp3) is 0.500. The second-order valence-corrected chi connectivity index (χ2v) is 5.24. The van der Waals surface area contributed by atoms with Crippen molar-refractivity contribution in [3.05, 3.63) is 28.8 Å². The highest BCUT2D eigenvalue weighted by atomic mass is 35.5. The van der Waals surface area contributed by atoms with E-state index in [-0.39, 0.29) is 5.91 Å². The van der Waals surface area contributed by atoms with Crippen LogP contribution in [0, 0.1) is 5.92 Å². The number of carbonyl (C=O) groups excluding carboxylic acids is 1. The van der Waals surface area contributed by atoms with Crippen molar-refractivity contribution in [1.29, 1.82) is 0 Å². The van der Waals surface area contributed by atoms with Crippen LogP contribution in [0.5, 0.6) is 0 Å². The molecule has 0 atom stereocenters. The third kappa shape index (κ3) is 3.16. The molecule has 1 aromatic carbocycles. The van der Waals surface area contributed by atoms with Gasteiger partial charge in [0, 0.05) is 24.3 Å². The van der Waals surface area contributed by atoms with Crippen LogP contribution in [0.15, 0.2) is 18.2 Å². The van der Waals surface area contributed by atoms with Gasteiger partial charge in [-0.15, -0.1) is 0 Å². The molecular weight excluding hydrogens is 248 g/mol. The van der Waals surface area contributed by atoms with Crippen LogP contribution >= 0.6 is 11.6 Å². The van der Waals surface area contributed by atoms with E-state index >= 15 is 0 Å². The predicted octanol–water partition coefficient (Wildman–Crippen LogP) is 3.30. The minimum absolute atomic E-state index is 0.0475. The number of amides is 1. The summed E-state index contributed by atoms with van der Waals surface area (Å²) < 4.78 is 0. The molecule has 98 valence electrons. The maximum atomic E-state index is 12.1. The third-order valence-electron chi connectivity index (χ3n) is 3.52.